The Hall–Kier alpha value is -1.87. The molecule has 2 bridgehead atoms. The van der Waals surface area contributed by atoms with Gasteiger partial charge < -0.3 is 9.80 Å². The molecule has 2 saturated heterocycles. The lowest BCUT2D eigenvalue weighted by Crippen LogP contribution is -2.40. The van der Waals surface area contributed by atoms with Crippen molar-refractivity contribution in [2.45, 2.75) is 12.5 Å². The van der Waals surface area contributed by atoms with Crippen molar-refractivity contribution in [3.05, 3.63) is 48.8 Å². The van der Waals surface area contributed by atoms with Crippen LogP contribution in [0.1, 0.15) is 6.42 Å². The van der Waals surface area contributed by atoms with E-state index >= 15 is 0 Å². The molecule has 2 atom stereocenters. The molecule has 3 nitrogen and oxygen atoms in total. The van der Waals surface area contributed by atoms with Crippen molar-refractivity contribution < 1.29 is 0 Å². The molecule has 0 saturated carbocycles. The predicted octanol–water partition coefficient (Wildman–Crippen LogP) is 2.89. The SMILES string of the molecule is CN1CC2CC(C1)N(c1cncc(-c3ccccc3)c1)C2. The van der Waals surface area contributed by atoms with E-state index < -0.39 is 0 Å². The summed E-state index contributed by atoms with van der Waals surface area (Å²) >= 11 is 0. The lowest BCUT2D eigenvalue weighted by atomic mass is 10.0. The Kier molecular flexibility index (Phi) is 3.15. The molecule has 0 amide bonds. The van der Waals surface area contributed by atoms with Gasteiger partial charge in [0.15, 0.2) is 0 Å². The van der Waals surface area contributed by atoms with E-state index in [-0.39, 0.29) is 0 Å². The molecule has 2 aliphatic rings. The van der Waals surface area contributed by atoms with Crippen LogP contribution in [0.25, 0.3) is 11.1 Å². The quantitative estimate of drug-likeness (QED) is 0.842. The van der Waals surface area contributed by atoms with Gasteiger partial charge in [0.25, 0.3) is 0 Å². The van der Waals surface area contributed by atoms with Gasteiger partial charge in [-0.15, -0.1) is 0 Å². The summed E-state index contributed by atoms with van der Waals surface area (Å²) in [5.41, 5.74) is 3.73. The summed E-state index contributed by atoms with van der Waals surface area (Å²) < 4.78 is 0. The van der Waals surface area contributed by atoms with Crippen LogP contribution in [0.15, 0.2) is 48.8 Å². The minimum absolute atomic E-state index is 0.654. The minimum Gasteiger partial charge on any atom is -0.366 e. The predicted molar refractivity (Wildman–Crippen MR) is 86.4 cm³/mol. The Bertz CT molecular complexity index is 625. The highest BCUT2D eigenvalue weighted by molar-refractivity contribution is 5.67. The molecule has 21 heavy (non-hydrogen) atoms. The van der Waals surface area contributed by atoms with Crippen molar-refractivity contribution in [1.82, 2.24) is 9.88 Å². The van der Waals surface area contributed by atoms with Gasteiger partial charge in [0.05, 0.1) is 11.9 Å². The molecule has 2 fully saturated rings. The smallest absolute Gasteiger partial charge is 0.0562 e. The monoisotopic (exact) mass is 279 g/mol. The zero-order chi connectivity index (χ0) is 14.2. The van der Waals surface area contributed by atoms with Gasteiger partial charge in [0.2, 0.25) is 0 Å². The number of likely N-dealkylation sites (N-methyl/N-ethyl adjacent to an activating group) is 1. The van der Waals surface area contributed by atoms with E-state index in [1.807, 2.05) is 12.4 Å². The van der Waals surface area contributed by atoms with Gasteiger partial charge in [-0.3, -0.25) is 4.98 Å². The summed E-state index contributed by atoms with van der Waals surface area (Å²) in [5.74, 6) is 0.814. The van der Waals surface area contributed by atoms with E-state index in [0.29, 0.717) is 6.04 Å². The summed E-state index contributed by atoms with van der Waals surface area (Å²) in [5, 5.41) is 0. The molecule has 2 aromatic rings. The first-order valence-electron chi connectivity index (χ1n) is 7.75. The molecule has 0 N–H and O–H groups in total. The fourth-order valence-electron chi connectivity index (χ4n) is 3.88. The van der Waals surface area contributed by atoms with Gasteiger partial charge in [-0.1, -0.05) is 30.3 Å². The summed E-state index contributed by atoms with van der Waals surface area (Å²) in [6.07, 6.45) is 5.32. The number of pyridine rings is 1. The number of nitrogens with zero attached hydrogens (tertiary/aromatic N) is 3. The number of rotatable bonds is 2. The van der Waals surface area contributed by atoms with E-state index in [9.17, 15) is 0 Å². The van der Waals surface area contributed by atoms with Crippen LogP contribution < -0.4 is 4.90 Å². The second-order valence-corrected chi connectivity index (χ2v) is 6.43. The van der Waals surface area contributed by atoms with Crippen LogP contribution in [0, 0.1) is 5.92 Å². The number of hydrogen-bond donors (Lipinski definition) is 0. The Morgan fingerprint density at radius 3 is 2.71 bits per heavy atom. The molecule has 2 unspecified atom stereocenters. The van der Waals surface area contributed by atoms with Crippen molar-refractivity contribution >= 4 is 5.69 Å². The lowest BCUT2D eigenvalue weighted by molar-refractivity contribution is 0.235. The average molecular weight is 279 g/mol. The molecule has 0 aliphatic carbocycles. The molecule has 0 radical (unpaired) electrons. The second-order valence-electron chi connectivity index (χ2n) is 6.43. The Balaban J connectivity index is 1.65. The van der Waals surface area contributed by atoms with Crippen LogP contribution in [0.4, 0.5) is 5.69 Å². The van der Waals surface area contributed by atoms with E-state index in [0.717, 1.165) is 5.92 Å². The molecule has 1 aromatic heterocycles. The third-order valence-electron chi connectivity index (χ3n) is 4.76. The van der Waals surface area contributed by atoms with E-state index in [4.69, 9.17) is 0 Å². The number of likely N-dealkylation sites (tertiary alicyclic amines) is 1. The van der Waals surface area contributed by atoms with Gasteiger partial charge in [0.1, 0.15) is 0 Å². The summed E-state index contributed by atoms with van der Waals surface area (Å²) in [6.45, 7) is 3.58. The number of fused-ring (bicyclic) bond motifs is 2. The topological polar surface area (TPSA) is 19.4 Å². The summed E-state index contributed by atoms with van der Waals surface area (Å²) in [7, 11) is 2.24. The van der Waals surface area contributed by atoms with Gasteiger partial charge in [-0.2, -0.15) is 0 Å². The number of aromatic nitrogens is 1. The second kappa shape index (κ2) is 5.15. The molecular weight excluding hydrogens is 258 g/mol. The fourth-order valence-corrected chi connectivity index (χ4v) is 3.88. The average Bonchev–Trinajstić information content (AvgIpc) is 2.83. The lowest BCUT2D eigenvalue weighted by Gasteiger charge is -2.30. The molecule has 3 heteroatoms. The molecule has 3 heterocycles. The molecule has 0 spiro atoms. The Morgan fingerprint density at radius 1 is 1.00 bits per heavy atom. The van der Waals surface area contributed by atoms with Gasteiger partial charge in [0, 0.05) is 37.4 Å². The summed E-state index contributed by atoms with van der Waals surface area (Å²) in [4.78, 5) is 9.51. The third-order valence-corrected chi connectivity index (χ3v) is 4.76. The number of benzene rings is 1. The minimum atomic E-state index is 0.654. The maximum absolute atomic E-state index is 4.48. The van der Waals surface area contributed by atoms with E-state index in [2.05, 4.69) is 58.2 Å². The maximum atomic E-state index is 4.48. The van der Waals surface area contributed by atoms with Gasteiger partial charge in [-0.05, 0) is 31.0 Å². The number of hydrogen-bond acceptors (Lipinski definition) is 3. The van der Waals surface area contributed by atoms with Crippen LogP contribution >= 0.6 is 0 Å². The Labute approximate surface area is 126 Å². The van der Waals surface area contributed by atoms with Crippen LogP contribution in [0.5, 0.6) is 0 Å². The molecule has 108 valence electrons. The highest BCUT2D eigenvalue weighted by atomic mass is 15.3. The van der Waals surface area contributed by atoms with Crippen LogP contribution in [-0.4, -0.2) is 42.6 Å². The molecule has 1 aromatic carbocycles. The number of anilines is 1. The Morgan fingerprint density at radius 2 is 1.86 bits per heavy atom. The molecule has 2 aliphatic heterocycles. The van der Waals surface area contributed by atoms with E-state index in [1.54, 1.807) is 0 Å². The first-order valence-corrected chi connectivity index (χ1v) is 7.75. The zero-order valence-corrected chi connectivity index (χ0v) is 12.4. The fraction of sp³-hybridized carbons (Fsp3) is 0.389. The van der Waals surface area contributed by atoms with Crippen LogP contribution in [0.3, 0.4) is 0 Å². The van der Waals surface area contributed by atoms with Crippen LogP contribution in [-0.2, 0) is 0 Å². The first-order chi connectivity index (χ1) is 10.3. The first kappa shape index (κ1) is 12.8. The zero-order valence-electron chi connectivity index (χ0n) is 12.4. The van der Waals surface area contributed by atoms with Gasteiger partial charge >= 0.3 is 0 Å². The summed E-state index contributed by atoms with van der Waals surface area (Å²) in [6, 6.07) is 13.5. The normalized spacial score (nSPS) is 25.3. The van der Waals surface area contributed by atoms with Crippen molar-refractivity contribution in [1.29, 1.82) is 0 Å². The highest BCUT2D eigenvalue weighted by Gasteiger charge is 2.37. The van der Waals surface area contributed by atoms with Crippen molar-refractivity contribution in [3.63, 3.8) is 0 Å². The third kappa shape index (κ3) is 2.42. The molecular formula is C18H21N3. The van der Waals surface area contributed by atoms with Crippen LogP contribution in [0.2, 0.25) is 0 Å². The van der Waals surface area contributed by atoms with Crippen molar-refractivity contribution in [2.24, 2.45) is 5.92 Å². The van der Waals surface area contributed by atoms with Crippen molar-refractivity contribution in [3.8, 4) is 11.1 Å². The highest BCUT2D eigenvalue weighted by Crippen LogP contribution is 2.34. The number of piperidine rings is 1. The maximum Gasteiger partial charge on any atom is 0.0562 e. The van der Waals surface area contributed by atoms with Crippen molar-refractivity contribution in [2.75, 3.05) is 31.6 Å². The largest absolute Gasteiger partial charge is 0.366 e. The van der Waals surface area contributed by atoms with E-state index in [1.165, 1.54) is 42.9 Å². The molecule has 4 rings (SSSR count). The van der Waals surface area contributed by atoms with Gasteiger partial charge in [-0.25, -0.2) is 0 Å². The standard InChI is InChI=1S/C18H21N3/c1-20-11-14-7-18(13-20)21(12-14)17-8-16(9-19-10-17)15-5-3-2-4-6-15/h2-6,8-10,14,18H,7,11-13H2,1H3.